The van der Waals surface area contributed by atoms with Gasteiger partial charge in [0, 0.05) is 38.7 Å². The lowest BCUT2D eigenvalue weighted by atomic mass is 10.3. The van der Waals surface area contributed by atoms with Gasteiger partial charge in [-0.2, -0.15) is 4.37 Å². The molecule has 0 aliphatic carbocycles. The number of rotatable bonds is 4. The topological polar surface area (TPSA) is 49.2 Å². The van der Waals surface area contributed by atoms with Crippen LogP contribution in [0.2, 0.25) is 0 Å². The number of aryl methyl sites for hydroxylation is 1. The van der Waals surface area contributed by atoms with Gasteiger partial charge in [0.25, 0.3) is 0 Å². The molecule has 0 radical (unpaired) electrons. The second-order valence-corrected chi connectivity index (χ2v) is 3.45. The summed E-state index contributed by atoms with van der Waals surface area (Å²) < 4.78 is 4.15. The van der Waals surface area contributed by atoms with E-state index in [9.17, 15) is 0 Å². The lowest BCUT2D eigenvalue weighted by molar-refractivity contribution is 0.287. The summed E-state index contributed by atoms with van der Waals surface area (Å²) in [6, 6.07) is 0. The van der Waals surface area contributed by atoms with Crippen molar-refractivity contribution < 1.29 is 5.11 Å². The van der Waals surface area contributed by atoms with Gasteiger partial charge in [0.2, 0.25) is 5.13 Å². The van der Waals surface area contributed by atoms with Gasteiger partial charge in [0.1, 0.15) is 5.82 Å². The Bertz CT molecular complexity index is 236. The van der Waals surface area contributed by atoms with E-state index >= 15 is 0 Å². The van der Waals surface area contributed by atoms with E-state index in [4.69, 9.17) is 5.11 Å². The second kappa shape index (κ2) is 4.37. The highest BCUT2D eigenvalue weighted by Crippen LogP contribution is 2.14. The van der Waals surface area contributed by atoms with Crippen molar-refractivity contribution in [2.45, 2.75) is 12.8 Å². The van der Waals surface area contributed by atoms with E-state index in [0.29, 0.717) is 0 Å². The number of hydrogen-bond donors (Lipinski definition) is 1. The molecule has 0 amide bonds. The van der Waals surface area contributed by atoms with Crippen molar-refractivity contribution in [1.29, 1.82) is 0 Å². The first-order chi connectivity index (χ1) is 5.74. The molecule has 0 aliphatic heterocycles. The Morgan fingerprint density at radius 3 is 2.75 bits per heavy atom. The van der Waals surface area contributed by atoms with Gasteiger partial charge >= 0.3 is 0 Å². The van der Waals surface area contributed by atoms with E-state index in [0.717, 1.165) is 23.8 Å². The molecule has 1 heterocycles. The first kappa shape index (κ1) is 9.41. The van der Waals surface area contributed by atoms with Gasteiger partial charge in [-0.25, -0.2) is 4.98 Å². The van der Waals surface area contributed by atoms with Crippen LogP contribution in [0.4, 0.5) is 5.13 Å². The summed E-state index contributed by atoms with van der Waals surface area (Å²) >= 11 is 1.39. The number of aliphatic hydroxyl groups excluding tert-OH is 1. The third-order valence-electron chi connectivity index (χ3n) is 1.40. The maximum absolute atomic E-state index is 8.58. The summed E-state index contributed by atoms with van der Waals surface area (Å²) in [5, 5.41) is 9.50. The average molecular weight is 187 g/mol. The van der Waals surface area contributed by atoms with Gasteiger partial charge in [0.05, 0.1) is 0 Å². The number of anilines is 1. The summed E-state index contributed by atoms with van der Waals surface area (Å²) in [5.41, 5.74) is 0. The van der Waals surface area contributed by atoms with Gasteiger partial charge in [0.15, 0.2) is 0 Å². The van der Waals surface area contributed by atoms with E-state index in [-0.39, 0.29) is 6.61 Å². The number of hydrogen-bond acceptors (Lipinski definition) is 5. The zero-order chi connectivity index (χ0) is 8.97. The van der Waals surface area contributed by atoms with E-state index in [1.807, 2.05) is 19.0 Å². The maximum Gasteiger partial charge on any atom is 0.204 e. The monoisotopic (exact) mass is 187 g/mol. The first-order valence-electron chi connectivity index (χ1n) is 3.85. The Morgan fingerprint density at radius 1 is 1.50 bits per heavy atom. The minimum Gasteiger partial charge on any atom is -0.396 e. The van der Waals surface area contributed by atoms with Gasteiger partial charge < -0.3 is 10.0 Å². The van der Waals surface area contributed by atoms with Crippen LogP contribution in [0.25, 0.3) is 0 Å². The van der Waals surface area contributed by atoms with Crippen molar-refractivity contribution in [3.05, 3.63) is 5.82 Å². The van der Waals surface area contributed by atoms with Crippen LogP contribution in [0.5, 0.6) is 0 Å². The van der Waals surface area contributed by atoms with Crippen molar-refractivity contribution in [3.8, 4) is 0 Å². The van der Waals surface area contributed by atoms with Crippen molar-refractivity contribution >= 4 is 16.7 Å². The van der Waals surface area contributed by atoms with Crippen LogP contribution in [0, 0.1) is 0 Å². The second-order valence-electron chi connectivity index (χ2n) is 2.71. The standard InChI is InChI=1S/C7H13N3OS/c1-10(2)7-8-6(9-12-7)4-3-5-11/h11H,3-5H2,1-2H3. The summed E-state index contributed by atoms with van der Waals surface area (Å²) in [4.78, 5) is 6.20. The Balaban J connectivity index is 2.52. The fourth-order valence-electron chi connectivity index (χ4n) is 0.765. The summed E-state index contributed by atoms with van der Waals surface area (Å²) in [7, 11) is 3.88. The minimum absolute atomic E-state index is 0.205. The Morgan fingerprint density at radius 2 is 2.25 bits per heavy atom. The molecular weight excluding hydrogens is 174 g/mol. The lowest BCUT2D eigenvalue weighted by Gasteiger charge is -2.03. The zero-order valence-electron chi connectivity index (χ0n) is 7.32. The molecule has 1 aromatic heterocycles. The van der Waals surface area contributed by atoms with Gasteiger partial charge in [-0.3, -0.25) is 0 Å². The molecule has 0 atom stereocenters. The summed E-state index contributed by atoms with van der Waals surface area (Å²) in [5.74, 6) is 0.831. The molecular formula is C7H13N3OS. The zero-order valence-corrected chi connectivity index (χ0v) is 8.13. The van der Waals surface area contributed by atoms with Crippen molar-refractivity contribution in [2.75, 3.05) is 25.6 Å². The molecule has 0 saturated carbocycles. The highest BCUT2D eigenvalue weighted by atomic mass is 32.1. The molecule has 0 unspecified atom stereocenters. The highest BCUT2D eigenvalue weighted by molar-refractivity contribution is 7.09. The van der Waals surface area contributed by atoms with Crippen molar-refractivity contribution in [3.63, 3.8) is 0 Å². The largest absolute Gasteiger partial charge is 0.396 e. The van der Waals surface area contributed by atoms with E-state index in [1.54, 1.807) is 0 Å². The average Bonchev–Trinajstić information content (AvgIpc) is 2.48. The molecule has 1 aromatic rings. The molecule has 0 bridgehead atoms. The quantitative estimate of drug-likeness (QED) is 0.747. The van der Waals surface area contributed by atoms with E-state index in [1.165, 1.54) is 11.5 Å². The van der Waals surface area contributed by atoms with E-state index < -0.39 is 0 Å². The Kier molecular flexibility index (Phi) is 3.43. The third-order valence-corrected chi connectivity index (χ3v) is 2.32. The van der Waals surface area contributed by atoms with Crippen LogP contribution in [-0.2, 0) is 6.42 Å². The van der Waals surface area contributed by atoms with Crippen LogP contribution in [0.15, 0.2) is 0 Å². The normalized spacial score (nSPS) is 10.2. The molecule has 1 rings (SSSR count). The first-order valence-corrected chi connectivity index (χ1v) is 4.62. The summed E-state index contributed by atoms with van der Waals surface area (Å²) in [6.45, 7) is 0.205. The highest BCUT2D eigenvalue weighted by Gasteiger charge is 2.04. The molecule has 68 valence electrons. The number of aromatic nitrogens is 2. The molecule has 0 aromatic carbocycles. The van der Waals surface area contributed by atoms with Crippen LogP contribution >= 0.6 is 11.5 Å². The molecule has 4 nitrogen and oxygen atoms in total. The molecule has 12 heavy (non-hydrogen) atoms. The molecule has 0 saturated heterocycles. The van der Waals surface area contributed by atoms with Crippen molar-refractivity contribution in [1.82, 2.24) is 9.36 Å². The van der Waals surface area contributed by atoms with Crippen LogP contribution < -0.4 is 4.90 Å². The van der Waals surface area contributed by atoms with Crippen LogP contribution in [0.1, 0.15) is 12.2 Å². The molecule has 0 aliphatic rings. The molecule has 1 N–H and O–H groups in total. The molecule has 5 heteroatoms. The van der Waals surface area contributed by atoms with Crippen molar-refractivity contribution in [2.24, 2.45) is 0 Å². The van der Waals surface area contributed by atoms with Crippen LogP contribution in [0.3, 0.4) is 0 Å². The van der Waals surface area contributed by atoms with E-state index in [2.05, 4.69) is 9.36 Å². The van der Waals surface area contributed by atoms with Gasteiger partial charge in [-0.1, -0.05) is 0 Å². The predicted octanol–water partition coefficient (Wildman–Crippen LogP) is 0.529. The maximum atomic E-state index is 8.58. The molecule has 0 spiro atoms. The minimum atomic E-state index is 0.205. The lowest BCUT2D eigenvalue weighted by Crippen LogP contribution is -2.08. The molecule has 0 fully saturated rings. The smallest absolute Gasteiger partial charge is 0.204 e. The fraction of sp³-hybridized carbons (Fsp3) is 0.714. The Hall–Kier alpha value is -0.680. The SMILES string of the molecule is CN(C)c1nc(CCCO)ns1. The number of nitrogens with zero attached hydrogens (tertiary/aromatic N) is 3. The van der Waals surface area contributed by atoms with Gasteiger partial charge in [-0.05, 0) is 6.42 Å². The number of aliphatic hydroxyl groups is 1. The summed E-state index contributed by atoms with van der Waals surface area (Å²) in [6.07, 6.45) is 1.50. The fourth-order valence-corrected chi connectivity index (χ4v) is 1.39. The van der Waals surface area contributed by atoms with Crippen LogP contribution in [-0.4, -0.2) is 35.2 Å². The van der Waals surface area contributed by atoms with Gasteiger partial charge in [-0.15, -0.1) is 0 Å². The predicted molar refractivity (Wildman–Crippen MR) is 49.6 cm³/mol. The Labute approximate surface area is 76.0 Å². The third kappa shape index (κ3) is 2.42.